The minimum Gasteiger partial charge on any atom is -0.399 e. The Balaban J connectivity index is 2.13. The van der Waals surface area contributed by atoms with E-state index in [1.54, 1.807) is 12.1 Å². The Kier molecular flexibility index (Phi) is 4.80. The van der Waals surface area contributed by atoms with Gasteiger partial charge >= 0.3 is 0 Å². The van der Waals surface area contributed by atoms with Crippen molar-refractivity contribution in [3.05, 3.63) is 29.8 Å². The van der Waals surface area contributed by atoms with Crippen LogP contribution in [0.15, 0.2) is 24.3 Å². The third-order valence-corrected chi connectivity index (χ3v) is 3.68. The van der Waals surface area contributed by atoms with Crippen LogP contribution in [-0.2, 0) is 20.9 Å². The van der Waals surface area contributed by atoms with Crippen molar-refractivity contribution in [3.63, 3.8) is 0 Å². The second-order valence-electron chi connectivity index (χ2n) is 5.38. The molecule has 2 atom stereocenters. The molecule has 1 aliphatic rings. The molecular formula is C15H21N3O3. The predicted octanol–water partition coefficient (Wildman–Crippen LogP) is 0.508. The number of primary amides is 1. The highest BCUT2D eigenvalue weighted by molar-refractivity contribution is 5.85. The summed E-state index contributed by atoms with van der Waals surface area (Å²) in [6.07, 6.45) is 0.542. The molecule has 114 valence electrons. The van der Waals surface area contributed by atoms with Gasteiger partial charge in [-0.15, -0.1) is 0 Å². The number of rotatable bonds is 5. The molecule has 2 unspecified atom stereocenters. The van der Waals surface area contributed by atoms with E-state index in [-0.39, 0.29) is 24.5 Å². The van der Waals surface area contributed by atoms with Gasteiger partial charge in [-0.05, 0) is 31.0 Å². The number of ether oxygens (including phenoxy) is 1. The summed E-state index contributed by atoms with van der Waals surface area (Å²) in [5, 5.41) is 0. The lowest BCUT2D eigenvalue weighted by atomic mass is 10.0. The molecule has 6 nitrogen and oxygen atoms in total. The molecule has 0 saturated carbocycles. The number of carbonyl (C=O) groups excluding carboxylic acids is 2. The van der Waals surface area contributed by atoms with E-state index in [1.807, 2.05) is 19.1 Å². The third kappa shape index (κ3) is 3.95. The molecule has 1 saturated heterocycles. The molecule has 1 aromatic carbocycles. The topological polar surface area (TPSA) is 98.6 Å². The van der Waals surface area contributed by atoms with Crippen LogP contribution in [0, 0.1) is 5.92 Å². The highest BCUT2D eigenvalue weighted by Gasteiger charge is 2.34. The SMILES string of the molecule is CC1OCCC1C(=O)N(CC(N)=O)Cc1cccc(N)c1. The van der Waals surface area contributed by atoms with E-state index in [1.165, 1.54) is 4.90 Å². The number of nitrogen functional groups attached to an aromatic ring is 1. The average Bonchev–Trinajstić information content (AvgIpc) is 2.83. The fourth-order valence-corrected chi connectivity index (χ4v) is 2.60. The predicted molar refractivity (Wildman–Crippen MR) is 79.0 cm³/mol. The van der Waals surface area contributed by atoms with Crippen LogP contribution in [0.25, 0.3) is 0 Å². The average molecular weight is 291 g/mol. The first kappa shape index (κ1) is 15.3. The summed E-state index contributed by atoms with van der Waals surface area (Å²) >= 11 is 0. The van der Waals surface area contributed by atoms with Gasteiger partial charge in [-0.3, -0.25) is 9.59 Å². The van der Waals surface area contributed by atoms with E-state index in [0.717, 1.165) is 5.56 Å². The molecule has 4 N–H and O–H groups in total. The zero-order valence-corrected chi connectivity index (χ0v) is 12.1. The fourth-order valence-electron chi connectivity index (χ4n) is 2.60. The molecule has 1 aromatic rings. The lowest BCUT2D eigenvalue weighted by Crippen LogP contribution is -2.42. The number of amides is 2. The number of carbonyl (C=O) groups is 2. The minimum absolute atomic E-state index is 0.0961. The number of benzene rings is 1. The maximum absolute atomic E-state index is 12.6. The summed E-state index contributed by atoms with van der Waals surface area (Å²) < 4.78 is 5.43. The lowest BCUT2D eigenvalue weighted by molar-refractivity contribution is -0.140. The molecule has 0 bridgehead atoms. The summed E-state index contributed by atoms with van der Waals surface area (Å²) in [5.41, 5.74) is 12.5. The van der Waals surface area contributed by atoms with Crippen LogP contribution in [0.5, 0.6) is 0 Å². The van der Waals surface area contributed by atoms with Gasteiger partial charge in [-0.2, -0.15) is 0 Å². The molecule has 1 fully saturated rings. The largest absolute Gasteiger partial charge is 0.399 e. The minimum atomic E-state index is -0.529. The zero-order chi connectivity index (χ0) is 15.4. The van der Waals surface area contributed by atoms with Gasteiger partial charge in [-0.25, -0.2) is 0 Å². The van der Waals surface area contributed by atoms with E-state index in [0.29, 0.717) is 25.3 Å². The first-order valence-corrected chi connectivity index (χ1v) is 7.00. The highest BCUT2D eigenvalue weighted by Crippen LogP contribution is 2.23. The van der Waals surface area contributed by atoms with E-state index in [4.69, 9.17) is 16.2 Å². The van der Waals surface area contributed by atoms with Crippen molar-refractivity contribution in [2.75, 3.05) is 18.9 Å². The molecule has 2 rings (SSSR count). The molecule has 6 heteroatoms. The number of hydrogen-bond acceptors (Lipinski definition) is 4. The molecular weight excluding hydrogens is 270 g/mol. The van der Waals surface area contributed by atoms with Crippen molar-refractivity contribution < 1.29 is 14.3 Å². The van der Waals surface area contributed by atoms with Crippen LogP contribution in [-0.4, -0.2) is 36.0 Å². The zero-order valence-electron chi connectivity index (χ0n) is 12.1. The quantitative estimate of drug-likeness (QED) is 0.772. The van der Waals surface area contributed by atoms with Crippen molar-refractivity contribution in [1.29, 1.82) is 0 Å². The second-order valence-corrected chi connectivity index (χ2v) is 5.38. The van der Waals surface area contributed by atoms with Gasteiger partial charge in [0, 0.05) is 18.8 Å². The summed E-state index contributed by atoms with van der Waals surface area (Å²) in [4.78, 5) is 25.3. The molecule has 1 heterocycles. The van der Waals surface area contributed by atoms with Crippen LogP contribution in [0.3, 0.4) is 0 Å². The number of nitrogens with two attached hydrogens (primary N) is 2. The first-order chi connectivity index (χ1) is 9.97. The second kappa shape index (κ2) is 6.58. The van der Waals surface area contributed by atoms with Gasteiger partial charge in [0.2, 0.25) is 11.8 Å². The Hall–Kier alpha value is -2.08. The number of hydrogen-bond donors (Lipinski definition) is 2. The lowest BCUT2D eigenvalue weighted by Gasteiger charge is -2.25. The van der Waals surface area contributed by atoms with Gasteiger partial charge in [0.15, 0.2) is 0 Å². The Bertz CT molecular complexity index is 533. The van der Waals surface area contributed by atoms with E-state index in [2.05, 4.69) is 0 Å². The van der Waals surface area contributed by atoms with Crippen LogP contribution in [0.1, 0.15) is 18.9 Å². The Morgan fingerprint density at radius 3 is 2.76 bits per heavy atom. The third-order valence-electron chi connectivity index (χ3n) is 3.68. The van der Waals surface area contributed by atoms with Gasteiger partial charge in [0.05, 0.1) is 18.6 Å². The Labute approximate surface area is 124 Å². The highest BCUT2D eigenvalue weighted by atomic mass is 16.5. The van der Waals surface area contributed by atoms with Gasteiger partial charge in [0.25, 0.3) is 0 Å². The normalized spacial score (nSPS) is 21.2. The van der Waals surface area contributed by atoms with E-state index >= 15 is 0 Å². The summed E-state index contributed by atoms with van der Waals surface area (Å²) in [6, 6.07) is 7.25. The molecule has 0 spiro atoms. The maximum Gasteiger partial charge on any atom is 0.237 e. The molecule has 21 heavy (non-hydrogen) atoms. The summed E-state index contributed by atoms with van der Waals surface area (Å²) in [5.74, 6) is -0.842. The van der Waals surface area contributed by atoms with Crippen LogP contribution in [0.2, 0.25) is 0 Å². The van der Waals surface area contributed by atoms with E-state index < -0.39 is 5.91 Å². The summed E-state index contributed by atoms with van der Waals surface area (Å²) in [7, 11) is 0. The summed E-state index contributed by atoms with van der Waals surface area (Å²) in [6.45, 7) is 2.66. The van der Waals surface area contributed by atoms with Crippen molar-refractivity contribution in [2.45, 2.75) is 26.0 Å². The number of anilines is 1. The first-order valence-electron chi connectivity index (χ1n) is 7.00. The van der Waals surface area contributed by atoms with Crippen molar-refractivity contribution in [2.24, 2.45) is 11.7 Å². The van der Waals surface area contributed by atoms with Crippen molar-refractivity contribution in [1.82, 2.24) is 4.90 Å². The maximum atomic E-state index is 12.6. The van der Waals surface area contributed by atoms with Gasteiger partial charge in [-0.1, -0.05) is 12.1 Å². The van der Waals surface area contributed by atoms with E-state index in [9.17, 15) is 9.59 Å². The van der Waals surface area contributed by atoms with Crippen LogP contribution < -0.4 is 11.5 Å². The molecule has 1 aliphatic heterocycles. The van der Waals surface area contributed by atoms with Crippen molar-refractivity contribution in [3.8, 4) is 0 Å². The molecule has 0 radical (unpaired) electrons. The Morgan fingerprint density at radius 1 is 1.43 bits per heavy atom. The van der Waals surface area contributed by atoms with Crippen LogP contribution >= 0.6 is 0 Å². The monoisotopic (exact) mass is 291 g/mol. The number of nitrogens with zero attached hydrogens (tertiary/aromatic N) is 1. The van der Waals surface area contributed by atoms with Crippen LogP contribution in [0.4, 0.5) is 5.69 Å². The molecule has 0 aromatic heterocycles. The molecule has 2 amide bonds. The van der Waals surface area contributed by atoms with Gasteiger partial charge in [0.1, 0.15) is 0 Å². The molecule has 0 aliphatic carbocycles. The smallest absolute Gasteiger partial charge is 0.237 e. The fraction of sp³-hybridized carbons (Fsp3) is 0.467. The van der Waals surface area contributed by atoms with Crippen molar-refractivity contribution >= 4 is 17.5 Å². The van der Waals surface area contributed by atoms with Gasteiger partial charge < -0.3 is 21.1 Å². The standard InChI is InChI=1S/C15H21N3O3/c1-10-13(5-6-21-10)15(20)18(9-14(17)19)8-11-3-2-4-12(16)7-11/h2-4,7,10,13H,5-6,8-9,16H2,1H3,(H2,17,19). The Morgan fingerprint density at radius 2 is 2.19 bits per heavy atom.